The molecule has 0 spiro atoms. The molecule has 1 amide bonds. The molecule has 2 aliphatic rings. The van der Waals surface area contributed by atoms with Crippen molar-refractivity contribution in [3.05, 3.63) is 69.7 Å². The van der Waals surface area contributed by atoms with Gasteiger partial charge in [-0.2, -0.15) is 0 Å². The molecule has 0 aromatic heterocycles. The lowest BCUT2D eigenvalue weighted by atomic mass is 9.95. The molecule has 8 nitrogen and oxygen atoms in total. The average Bonchev–Trinajstić information content (AvgIpc) is 3.44. The van der Waals surface area contributed by atoms with Crippen LogP contribution in [-0.2, 0) is 19.1 Å². The molecule has 0 heterocycles. The molecule has 4 rings (SSSR count). The van der Waals surface area contributed by atoms with Gasteiger partial charge in [0.05, 0.1) is 21.2 Å². The second kappa shape index (κ2) is 10.7. The van der Waals surface area contributed by atoms with Gasteiger partial charge in [-0.15, -0.1) is 0 Å². The lowest BCUT2D eigenvalue weighted by Gasteiger charge is -2.28. The van der Waals surface area contributed by atoms with Gasteiger partial charge in [0.1, 0.15) is 0 Å². The number of carboxylic acid groups (broad SMARTS) is 1. The van der Waals surface area contributed by atoms with Gasteiger partial charge in [0.15, 0.2) is 0 Å². The minimum absolute atomic E-state index is 0.0395. The van der Waals surface area contributed by atoms with Gasteiger partial charge in [-0.3, -0.25) is 4.79 Å². The lowest BCUT2D eigenvalue weighted by molar-refractivity contribution is -0.159. The van der Waals surface area contributed by atoms with E-state index in [9.17, 15) is 24.3 Å². The summed E-state index contributed by atoms with van der Waals surface area (Å²) >= 11 is 12.1. The summed E-state index contributed by atoms with van der Waals surface area (Å²) in [5, 5.41) is 12.8. The van der Waals surface area contributed by atoms with Crippen molar-refractivity contribution >= 4 is 47.0 Å². The van der Waals surface area contributed by atoms with Crippen molar-refractivity contribution in [3.8, 4) is 0 Å². The molecule has 0 saturated heterocycles. The van der Waals surface area contributed by atoms with E-state index in [1.54, 1.807) is 18.2 Å². The van der Waals surface area contributed by atoms with Crippen molar-refractivity contribution in [1.82, 2.24) is 5.32 Å². The minimum atomic E-state index is -2.12. The van der Waals surface area contributed by atoms with E-state index in [1.165, 1.54) is 30.3 Å². The summed E-state index contributed by atoms with van der Waals surface area (Å²) in [5.74, 6) is -3.84. The summed E-state index contributed by atoms with van der Waals surface area (Å²) in [6, 6.07) is 11.7. The number of benzene rings is 2. The molecule has 2 aromatic carbocycles. The van der Waals surface area contributed by atoms with Crippen molar-refractivity contribution in [2.75, 3.05) is 0 Å². The standard InChI is InChI=1S/C25H23Cl2NO7/c26-17-7-3-1-5-15(17)24(32)34-20(22(29)28-19-12-13-9-10-14(19)11-13)21(23(30)31)35-25(33)16-6-2-4-8-18(16)27/h1-8,13-14,19-21H,9-12H2,(H,28,29)(H,30,31)/t13-,14-,19-,20+,21-/m0/s1. The van der Waals surface area contributed by atoms with Gasteiger partial charge in [0.2, 0.25) is 12.2 Å². The Hall–Kier alpha value is -3.10. The first-order chi connectivity index (χ1) is 16.7. The quantitative estimate of drug-likeness (QED) is 0.503. The van der Waals surface area contributed by atoms with Gasteiger partial charge in [0, 0.05) is 6.04 Å². The van der Waals surface area contributed by atoms with Gasteiger partial charge >= 0.3 is 17.9 Å². The molecule has 2 aliphatic carbocycles. The summed E-state index contributed by atoms with van der Waals surface area (Å²) in [4.78, 5) is 50.9. The number of ether oxygens (including phenoxy) is 2. The third kappa shape index (κ3) is 5.60. The largest absolute Gasteiger partial charge is 0.478 e. The molecule has 0 aliphatic heterocycles. The fourth-order valence-electron chi connectivity index (χ4n) is 4.79. The number of fused-ring (bicyclic) bond motifs is 2. The Kier molecular flexibility index (Phi) is 7.62. The van der Waals surface area contributed by atoms with Crippen LogP contribution in [-0.4, -0.2) is 47.2 Å². The van der Waals surface area contributed by atoms with Gasteiger partial charge in [-0.1, -0.05) is 53.9 Å². The van der Waals surface area contributed by atoms with Crippen LogP contribution in [0.1, 0.15) is 46.4 Å². The monoisotopic (exact) mass is 519 g/mol. The van der Waals surface area contributed by atoms with E-state index >= 15 is 0 Å². The highest BCUT2D eigenvalue weighted by molar-refractivity contribution is 6.34. The van der Waals surface area contributed by atoms with Gasteiger partial charge < -0.3 is 19.9 Å². The number of esters is 2. The van der Waals surface area contributed by atoms with E-state index < -0.39 is 36.0 Å². The van der Waals surface area contributed by atoms with E-state index in [0.717, 1.165) is 25.7 Å². The van der Waals surface area contributed by atoms with Crippen LogP contribution in [0.5, 0.6) is 0 Å². The van der Waals surface area contributed by atoms with Crippen molar-refractivity contribution in [3.63, 3.8) is 0 Å². The van der Waals surface area contributed by atoms with Gasteiger partial charge in [-0.05, 0) is 55.4 Å². The molecule has 5 atom stereocenters. The molecule has 2 aromatic rings. The van der Waals surface area contributed by atoms with Crippen LogP contribution in [0.25, 0.3) is 0 Å². The number of nitrogens with one attached hydrogen (secondary N) is 1. The van der Waals surface area contributed by atoms with Crippen molar-refractivity contribution in [1.29, 1.82) is 0 Å². The highest BCUT2D eigenvalue weighted by Crippen LogP contribution is 2.44. The number of carbonyl (C=O) groups is 4. The molecular weight excluding hydrogens is 497 g/mol. The zero-order valence-corrected chi connectivity index (χ0v) is 20.0. The fourth-order valence-corrected chi connectivity index (χ4v) is 5.22. The maximum atomic E-state index is 13.3. The van der Waals surface area contributed by atoms with Crippen molar-refractivity contribution < 1.29 is 33.8 Å². The third-order valence-corrected chi connectivity index (χ3v) is 7.16. The second-order valence-corrected chi connectivity index (χ2v) is 9.55. The van der Waals surface area contributed by atoms with Crippen molar-refractivity contribution in [2.45, 2.75) is 43.9 Å². The predicted octanol–water partition coefficient (Wildman–Crippen LogP) is 4.13. The zero-order chi connectivity index (χ0) is 25.1. The molecule has 35 heavy (non-hydrogen) atoms. The zero-order valence-electron chi connectivity index (χ0n) is 18.5. The minimum Gasteiger partial charge on any atom is -0.478 e. The number of rotatable bonds is 8. The molecule has 0 unspecified atom stereocenters. The molecule has 2 N–H and O–H groups in total. The maximum absolute atomic E-state index is 13.3. The number of hydrogen-bond donors (Lipinski definition) is 2. The summed E-state index contributed by atoms with van der Waals surface area (Å²) in [6.45, 7) is 0. The predicted molar refractivity (Wildman–Crippen MR) is 126 cm³/mol. The Balaban J connectivity index is 1.59. The molecule has 0 radical (unpaired) electrons. The van der Waals surface area contributed by atoms with E-state index in [4.69, 9.17) is 32.7 Å². The molecule has 2 fully saturated rings. The molecule has 184 valence electrons. The number of hydrogen-bond acceptors (Lipinski definition) is 6. The fraction of sp³-hybridized carbons (Fsp3) is 0.360. The Morgan fingerprint density at radius 1 is 0.829 bits per heavy atom. The Labute approximate surface area is 211 Å². The van der Waals surface area contributed by atoms with E-state index in [0.29, 0.717) is 5.92 Å². The number of carboxylic acids is 1. The molecule has 2 bridgehead atoms. The van der Waals surface area contributed by atoms with Gasteiger partial charge in [0.25, 0.3) is 5.91 Å². The highest BCUT2D eigenvalue weighted by atomic mass is 35.5. The van der Waals surface area contributed by atoms with E-state index in [2.05, 4.69) is 5.32 Å². The normalized spacial score (nSPS) is 22.2. The number of halogens is 2. The Bertz CT molecular complexity index is 1150. The number of aliphatic carboxylic acids is 1. The molecule has 2 saturated carbocycles. The Morgan fingerprint density at radius 3 is 1.83 bits per heavy atom. The summed E-state index contributed by atoms with van der Waals surface area (Å²) in [6.07, 6.45) is -0.276. The topological polar surface area (TPSA) is 119 Å². The SMILES string of the molecule is O=C(O[C@H](C(=O)O)[C@@H](OC(=O)c1ccccc1Cl)C(=O)N[C@H]1C[C@H]2CC[C@H]1C2)c1ccccc1Cl. The second-order valence-electron chi connectivity index (χ2n) is 8.74. The van der Waals surface area contributed by atoms with Crippen LogP contribution in [0, 0.1) is 11.8 Å². The van der Waals surface area contributed by atoms with Crippen LogP contribution >= 0.6 is 23.2 Å². The summed E-state index contributed by atoms with van der Waals surface area (Å²) in [5.41, 5.74) is -0.154. The third-order valence-electron chi connectivity index (χ3n) is 6.50. The molecule has 10 heteroatoms. The summed E-state index contributed by atoms with van der Waals surface area (Å²) in [7, 11) is 0. The van der Waals surface area contributed by atoms with Crippen LogP contribution in [0.4, 0.5) is 0 Å². The van der Waals surface area contributed by atoms with Gasteiger partial charge in [-0.25, -0.2) is 14.4 Å². The van der Waals surface area contributed by atoms with Crippen molar-refractivity contribution in [2.24, 2.45) is 11.8 Å². The maximum Gasteiger partial charge on any atom is 0.349 e. The first kappa shape index (κ1) is 25.0. The van der Waals surface area contributed by atoms with Crippen LogP contribution in [0.2, 0.25) is 10.0 Å². The average molecular weight is 520 g/mol. The Morgan fingerprint density at radius 2 is 1.37 bits per heavy atom. The summed E-state index contributed by atoms with van der Waals surface area (Å²) < 4.78 is 10.5. The molecular formula is C25H23Cl2NO7. The lowest BCUT2D eigenvalue weighted by Crippen LogP contribution is -2.53. The smallest absolute Gasteiger partial charge is 0.349 e. The first-order valence-corrected chi connectivity index (χ1v) is 11.9. The number of carbonyl (C=O) groups excluding carboxylic acids is 3. The van der Waals surface area contributed by atoms with Crippen LogP contribution in [0.3, 0.4) is 0 Å². The van der Waals surface area contributed by atoms with Crippen LogP contribution in [0.15, 0.2) is 48.5 Å². The van der Waals surface area contributed by atoms with E-state index in [-0.39, 0.29) is 33.1 Å². The first-order valence-electron chi connectivity index (χ1n) is 11.2. The highest BCUT2D eigenvalue weighted by Gasteiger charge is 2.45. The van der Waals surface area contributed by atoms with E-state index in [1.807, 2.05) is 0 Å². The van der Waals surface area contributed by atoms with Crippen LogP contribution < -0.4 is 5.32 Å². The number of amides is 1.